The first-order chi connectivity index (χ1) is 13.0. The van der Waals surface area contributed by atoms with Gasteiger partial charge in [-0.25, -0.2) is 9.97 Å². The average Bonchev–Trinajstić information content (AvgIpc) is 2.90. The van der Waals surface area contributed by atoms with Crippen LogP contribution in [0, 0.1) is 6.92 Å². The van der Waals surface area contributed by atoms with E-state index in [4.69, 9.17) is 16.3 Å². The maximum Gasteiger partial charge on any atom is 0.270 e. The summed E-state index contributed by atoms with van der Waals surface area (Å²) in [6, 6.07) is 7.16. The van der Waals surface area contributed by atoms with Gasteiger partial charge in [0.05, 0.1) is 12.8 Å². The second kappa shape index (κ2) is 9.04. The van der Waals surface area contributed by atoms with Gasteiger partial charge < -0.3 is 15.4 Å². The third-order valence-corrected chi connectivity index (χ3v) is 4.92. The van der Waals surface area contributed by atoms with Gasteiger partial charge in [0.25, 0.3) is 5.91 Å². The Hall–Kier alpha value is -2.34. The molecule has 2 N–H and O–H groups in total. The summed E-state index contributed by atoms with van der Waals surface area (Å²) in [5, 5.41) is 6.87. The highest BCUT2D eigenvalue weighted by Crippen LogP contribution is 2.30. The van der Waals surface area contributed by atoms with Gasteiger partial charge in [-0.15, -0.1) is 0 Å². The monoisotopic (exact) mass is 388 g/mol. The minimum Gasteiger partial charge on any atom is -0.495 e. The summed E-state index contributed by atoms with van der Waals surface area (Å²) in [5.74, 6) is 1.52. The standard InChI is InChI=1S/C20H25ClN4O2/c1-13-22-17(20(26)24-15-7-5-3-4-6-8-15)12-19(23-13)25-16-11-14(21)9-10-18(16)27-2/h9-12,15H,3-8H2,1-2H3,(H,24,26)(H,22,23,25). The van der Waals surface area contributed by atoms with E-state index in [1.54, 1.807) is 38.3 Å². The lowest BCUT2D eigenvalue weighted by molar-refractivity contribution is 0.0928. The molecule has 1 aromatic heterocycles. The van der Waals surface area contributed by atoms with Gasteiger partial charge in [-0.05, 0) is 38.0 Å². The molecule has 2 aromatic rings. The number of hydrogen-bond donors (Lipinski definition) is 2. The average molecular weight is 389 g/mol. The molecule has 0 saturated heterocycles. The van der Waals surface area contributed by atoms with Crippen LogP contribution in [0.15, 0.2) is 24.3 Å². The summed E-state index contributed by atoms with van der Waals surface area (Å²) in [6.07, 6.45) is 6.87. The van der Waals surface area contributed by atoms with E-state index in [-0.39, 0.29) is 11.9 Å². The summed E-state index contributed by atoms with van der Waals surface area (Å²) in [4.78, 5) is 21.4. The highest BCUT2D eigenvalue weighted by molar-refractivity contribution is 6.31. The minimum atomic E-state index is -0.159. The molecule has 3 rings (SSSR count). The maximum absolute atomic E-state index is 12.7. The second-order valence-corrected chi connectivity index (χ2v) is 7.25. The zero-order chi connectivity index (χ0) is 19.2. The van der Waals surface area contributed by atoms with Crippen molar-refractivity contribution in [2.75, 3.05) is 12.4 Å². The number of carbonyl (C=O) groups excluding carboxylic acids is 1. The van der Waals surface area contributed by atoms with Crippen molar-refractivity contribution >= 4 is 29.0 Å². The largest absolute Gasteiger partial charge is 0.495 e. The fraction of sp³-hybridized carbons (Fsp3) is 0.450. The molecule has 0 spiro atoms. The number of ether oxygens (including phenoxy) is 1. The van der Waals surface area contributed by atoms with Crippen LogP contribution in [0.2, 0.25) is 5.02 Å². The summed E-state index contributed by atoms with van der Waals surface area (Å²) < 4.78 is 5.35. The van der Waals surface area contributed by atoms with Crippen LogP contribution < -0.4 is 15.4 Å². The van der Waals surface area contributed by atoms with Crippen molar-refractivity contribution in [1.29, 1.82) is 0 Å². The Morgan fingerprint density at radius 1 is 1.15 bits per heavy atom. The fourth-order valence-corrected chi connectivity index (χ4v) is 3.52. The van der Waals surface area contributed by atoms with Gasteiger partial charge in [-0.3, -0.25) is 4.79 Å². The number of halogens is 1. The molecule has 1 aliphatic carbocycles. The van der Waals surface area contributed by atoms with E-state index < -0.39 is 0 Å². The van der Waals surface area contributed by atoms with Gasteiger partial charge in [-0.2, -0.15) is 0 Å². The van der Waals surface area contributed by atoms with E-state index in [0.717, 1.165) is 25.7 Å². The van der Waals surface area contributed by atoms with Crippen LogP contribution >= 0.6 is 11.6 Å². The molecule has 27 heavy (non-hydrogen) atoms. The number of nitrogens with zero attached hydrogens (tertiary/aromatic N) is 2. The highest BCUT2D eigenvalue weighted by atomic mass is 35.5. The van der Waals surface area contributed by atoms with Gasteiger partial charge >= 0.3 is 0 Å². The molecule has 7 heteroatoms. The predicted molar refractivity (Wildman–Crippen MR) is 107 cm³/mol. The molecule has 1 fully saturated rings. The number of nitrogens with one attached hydrogen (secondary N) is 2. The number of carbonyl (C=O) groups is 1. The zero-order valence-corrected chi connectivity index (χ0v) is 16.5. The molecule has 1 amide bonds. The quantitative estimate of drug-likeness (QED) is 0.729. The van der Waals surface area contributed by atoms with E-state index in [9.17, 15) is 4.79 Å². The second-order valence-electron chi connectivity index (χ2n) is 6.82. The lowest BCUT2D eigenvalue weighted by Gasteiger charge is -2.16. The highest BCUT2D eigenvalue weighted by Gasteiger charge is 2.18. The third kappa shape index (κ3) is 5.32. The maximum atomic E-state index is 12.7. The fourth-order valence-electron chi connectivity index (χ4n) is 3.35. The number of aryl methyl sites for hydroxylation is 1. The number of anilines is 2. The van der Waals surface area contributed by atoms with Crippen molar-refractivity contribution < 1.29 is 9.53 Å². The number of benzene rings is 1. The van der Waals surface area contributed by atoms with Gasteiger partial charge in [0.15, 0.2) is 0 Å². The summed E-state index contributed by atoms with van der Waals surface area (Å²) in [7, 11) is 1.59. The smallest absolute Gasteiger partial charge is 0.270 e. The Kier molecular flexibility index (Phi) is 6.50. The molecule has 0 atom stereocenters. The number of rotatable bonds is 5. The predicted octanol–water partition coefficient (Wildman–Crippen LogP) is 4.64. The molecule has 1 aromatic carbocycles. The first kappa shape index (κ1) is 19.4. The first-order valence-electron chi connectivity index (χ1n) is 9.32. The summed E-state index contributed by atoms with van der Waals surface area (Å²) >= 11 is 6.08. The molecule has 1 saturated carbocycles. The Morgan fingerprint density at radius 2 is 1.89 bits per heavy atom. The van der Waals surface area contributed by atoms with Crippen molar-refractivity contribution in [3.8, 4) is 5.75 Å². The van der Waals surface area contributed by atoms with Gasteiger partial charge in [-0.1, -0.05) is 37.3 Å². The molecular formula is C20H25ClN4O2. The molecule has 6 nitrogen and oxygen atoms in total. The first-order valence-corrected chi connectivity index (χ1v) is 9.70. The number of amides is 1. The molecule has 0 radical (unpaired) electrons. The van der Waals surface area contributed by atoms with Crippen LogP contribution in [-0.4, -0.2) is 29.0 Å². The Balaban J connectivity index is 1.77. The SMILES string of the molecule is COc1ccc(Cl)cc1Nc1cc(C(=O)NC2CCCCCC2)nc(C)n1. The van der Waals surface area contributed by atoms with Gasteiger partial charge in [0.1, 0.15) is 23.1 Å². The van der Waals surface area contributed by atoms with E-state index in [0.29, 0.717) is 33.8 Å². The third-order valence-electron chi connectivity index (χ3n) is 4.69. The van der Waals surface area contributed by atoms with Gasteiger partial charge in [0, 0.05) is 17.1 Å². The van der Waals surface area contributed by atoms with Crippen LogP contribution in [0.5, 0.6) is 5.75 Å². The summed E-state index contributed by atoms with van der Waals surface area (Å²) in [6.45, 7) is 1.77. The van der Waals surface area contributed by atoms with E-state index in [1.165, 1.54) is 12.8 Å². The lowest BCUT2D eigenvalue weighted by atomic mass is 10.1. The molecule has 0 bridgehead atoms. The normalized spacial score (nSPS) is 15.1. The van der Waals surface area contributed by atoms with Crippen LogP contribution in [0.25, 0.3) is 0 Å². The van der Waals surface area contributed by atoms with E-state index in [1.807, 2.05) is 0 Å². The van der Waals surface area contributed by atoms with E-state index in [2.05, 4.69) is 20.6 Å². The number of aromatic nitrogens is 2. The molecule has 144 valence electrons. The van der Waals surface area contributed by atoms with Gasteiger partial charge in [0.2, 0.25) is 0 Å². The van der Waals surface area contributed by atoms with E-state index >= 15 is 0 Å². The van der Waals surface area contributed by atoms with Crippen molar-refractivity contribution in [3.05, 3.63) is 40.8 Å². The molecular weight excluding hydrogens is 364 g/mol. The molecule has 1 heterocycles. The zero-order valence-electron chi connectivity index (χ0n) is 15.7. The summed E-state index contributed by atoms with van der Waals surface area (Å²) in [5.41, 5.74) is 1.04. The van der Waals surface area contributed by atoms with Crippen LogP contribution in [0.1, 0.15) is 54.8 Å². The van der Waals surface area contributed by atoms with Crippen LogP contribution in [0.3, 0.4) is 0 Å². The van der Waals surface area contributed by atoms with Crippen molar-refractivity contribution in [2.24, 2.45) is 0 Å². The van der Waals surface area contributed by atoms with Crippen molar-refractivity contribution in [2.45, 2.75) is 51.5 Å². The van der Waals surface area contributed by atoms with Crippen LogP contribution in [-0.2, 0) is 0 Å². The van der Waals surface area contributed by atoms with Crippen molar-refractivity contribution in [1.82, 2.24) is 15.3 Å². The van der Waals surface area contributed by atoms with Crippen LogP contribution in [0.4, 0.5) is 11.5 Å². The number of methoxy groups -OCH3 is 1. The Bertz CT molecular complexity index is 805. The molecule has 0 aliphatic heterocycles. The Labute approximate surface area is 164 Å². The number of hydrogen-bond acceptors (Lipinski definition) is 5. The minimum absolute atomic E-state index is 0.159. The molecule has 0 unspecified atom stereocenters. The van der Waals surface area contributed by atoms with Crippen molar-refractivity contribution in [3.63, 3.8) is 0 Å². The Morgan fingerprint density at radius 3 is 2.59 bits per heavy atom. The topological polar surface area (TPSA) is 76.1 Å². The lowest BCUT2D eigenvalue weighted by Crippen LogP contribution is -2.35. The molecule has 1 aliphatic rings.